The topological polar surface area (TPSA) is 46.8 Å². The van der Waals surface area contributed by atoms with Crippen LogP contribution in [0, 0.1) is 0 Å². The van der Waals surface area contributed by atoms with Gasteiger partial charge in [-0.25, -0.2) is 0 Å². The molecular weight excluding hydrogens is 204 g/mol. The van der Waals surface area contributed by atoms with Crippen molar-refractivity contribution in [2.24, 2.45) is 5.16 Å². The van der Waals surface area contributed by atoms with E-state index in [-0.39, 0.29) is 0 Å². The smallest absolute Gasteiger partial charge is 0.120 e. The highest BCUT2D eigenvalue weighted by Crippen LogP contribution is 2.24. The Hall–Kier alpha value is -1.97. The number of benzene rings is 1. The van der Waals surface area contributed by atoms with Crippen LogP contribution < -0.4 is 4.74 Å². The van der Waals surface area contributed by atoms with Crippen LogP contribution >= 0.6 is 0 Å². The highest BCUT2D eigenvalue weighted by atomic mass is 16.5. The lowest BCUT2D eigenvalue weighted by Crippen LogP contribution is -1.91. The van der Waals surface area contributed by atoms with Crippen LogP contribution in [-0.2, 0) is 6.54 Å². The van der Waals surface area contributed by atoms with Gasteiger partial charge in [0.1, 0.15) is 5.75 Å². The van der Waals surface area contributed by atoms with Gasteiger partial charge < -0.3 is 14.5 Å². The molecule has 84 valence electrons. The average molecular weight is 218 g/mol. The molecule has 1 N–H and O–H groups in total. The van der Waals surface area contributed by atoms with Crippen molar-refractivity contribution in [3.05, 3.63) is 30.0 Å². The maximum Gasteiger partial charge on any atom is 0.120 e. The normalized spacial score (nSPS) is 11.4. The summed E-state index contributed by atoms with van der Waals surface area (Å²) >= 11 is 0. The summed E-state index contributed by atoms with van der Waals surface area (Å²) in [6, 6.07) is 5.85. The quantitative estimate of drug-likeness (QED) is 0.488. The molecule has 4 nitrogen and oxygen atoms in total. The molecule has 0 aliphatic rings. The number of nitrogens with zero attached hydrogens (tertiary/aromatic N) is 2. The van der Waals surface area contributed by atoms with Crippen LogP contribution in [0.5, 0.6) is 5.75 Å². The molecule has 1 heterocycles. The van der Waals surface area contributed by atoms with E-state index in [9.17, 15) is 0 Å². The molecule has 16 heavy (non-hydrogen) atoms. The molecule has 0 spiro atoms. The van der Waals surface area contributed by atoms with Crippen LogP contribution in [0.1, 0.15) is 12.5 Å². The number of hydrogen-bond acceptors (Lipinski definition) is 3. The first-order chi connectivity index (χ1) is 7.80. The lowest BCUT2D eigenvalue weighted by Gasteiger charge is -2.02. The Balaban J connectivity index is 2.69. The van der Waals surface area contributed by atoms with Crippen molar-refractivity contribution >= 4 is 17.1 Å². The van der Waals surface area contributed by atoms with E-state index in [0.29, 0.717) is 0 Å². The first kappa shape index (κ1) is 10.5. The first-order valence-corrected chi connectivity index (χ1v) is 5.14. The summed E-state index contributed by atoms with van der Waals surface area (Å²) in [4.78, 5) is 0. The maximum atomic E-state index is 8.60. The Morgan fingerprint density at radius 3 is 2.94 bits per heavy atom. The number of aromatic nitrogens is 1. The van der Waals surface area contributed by atoms with Crippen LogP contribution in [0.4, 0.5) is 0 Å². The van der Waals surface area contributed by atoms with E-state index in [4.69, 9.17) is 9.94 Å². The van der Waals surface area contributed by atoms with Crippen molar-refractivity contribution in [3.63, 3.8) is 0 Å². The minimum atomic E-state index is 0.827. The van der Waals surface area contributed by atoms with Crippen molar-refractivity contribution < 1.29 is 9.94 Å². The van der Waals surface area contributed by atoms with Crippen LogP contribution in [0.25, 0.3) is 10.9 Å². The van der Waals surface area contributed by atoms with E-state index in [2.05, 4.69) is 16.6 Å². The minimum Gasteiger partial charge on any atom is -0.497 e. The Morgan fingerprint density at radius 1 is 1.50 bits per heavy atom. The lowest BCUT2D eigenvalue weighted by molar-refractivity contribution is 0.322. The fourth-order valence-corrected chi connectivity index (χ4v) is 1.85. The predicted molar refractivity (Wildman–Crippen MR) is 63.5 cm³/mol. The fraction of sp³-hybridized carbons (Fsp3) is 0.250. The monoisotopic (exact) mass is 218 g/mol. The molecule has 0 unspecified atom stereocenters. The number of oxime groups is 1. The number of aryl methyl sites for hydroxylation is 1. The third-order valence-electron chi connectivity index (χ3n) is 2.66. The van der Waals surface area contributed by atoms with Crippen molar-refractivity contribution in [1.82, 2.24) is 4.57 Å². The summed E-state index contributed by atoms with van der Waals surface area (Å²) in [5.41, 5.74) is 1.98. The number of hydrogen-bond donors (Lipinski definition) is 1. The van der Waals surface area contributed by atoms with E-state index in [0.717, 1.165) is 28.8 Å². The van der Waals surface area contributed by atoms with Crippen LogP contribution in [0.15, 0.2) is 29.6 Å². The lowest BCUT2D eigenvalue weighted by atomic mass is 10.2. The molecule has 1 aromatic heterocycles. The molecule has 0 atom stereocenters. The van der Waals surface area contributed by atoms with Gasteiger partial charge in [0.25, 0.3) is 0 Å². The summed E-state index contributed by atoms with van der Waals surface area (Å²) in [6.07, 6.45) is 3.41. The largest absolute Gasteiger partial charge is 0.497 e. The third kappa shape index (κ3) is 1.62. The Morgan fingerprint density at radius 2 is 2.31 bits per heavy atom. The third-order valence-corrected chi connectivity index (χ3v) is 2.66. The van der Waals surface area contributed by atoms with Gasteiger partial charge in [0, 0.05) is 29.8 Å². The number of fused-ring (bicyclic) bond motifs is 1. The van der Waals surface area contributed by atoms with E-state index < -0.39 is 0 Å². The summed E-state index contributed by atoms with van der Waals surface area (Å²) in [6.45, 7) is 2.93. The molecule has 0 aliphatic carbocycles. The molecule has 0 bridgehead atoms. The average Bonchev–Trinajstić information content (AvgIpc) is 2.67. The van der Waals surface area contributed by atoms with Crippen molar-refractivity contribution in [3.8, 4) is 5.75 Å². The van der Waals surface area contributed by atoms with Crippen LogP contribution in [0.2, 0.25) is 0 Å². The Bertz CT molecular complexity index is 529. The highest BCUT2D eigenvalue weighted by molar-refractivity contribution is 5.99. The number of rotatable bonds is 3. The second-order valence-electron chi connectivity index (χ2n) is 3.50. The Labute approximate surface area is 93.7 Å². The summed E-state index contributed by atoms with van der Waals surface area (Å²) in [5.74, 6) is 0.827. The highest BCUT2D eigenvalue weighted by Gasteiger charge is 2.07. The molecule has 0 saturated carbocycles. The molecule has 0 aliphatic heterocycles. The number of ether oxygens (including phenoxy) is 1. The van der Waals surface area contributed by atoms with E-state index in [1.807, 2.05) is 24.4 Å². The van der Waals surface area contributed by atoms with Crippen molar-refractivity contribution in [2.75, 3.05) is 7.11 Å². The summed E-state index contributed by atoms with van der Waals surface area (Å²) < 4.78 is 7.29. The second-order valence-corrected chi connectivity index (χ2v) is 3.50. The van der Waals surface area contributed by atoms with Gasteiger partial charge in [-0.05, 0) is 19.1 Å². The molecule has 1 aromatic carbocycles. The molecule has 0 saturated heterocycles. The van der Waals surface area contributed by atoms with E-state index >= 15 is 0 Å². The van der Waals surface area contributed by atoms with Gasteiger partial charge in [0.15, 0.2) is 0 Å². The van der Waals surface area contributed by atoms with Gasteiger partial charge in [0.05, 0.1) is 18.8 Å². The standard InChI is InChI=1S/C12H14N2O2/c1-3-14-8-9(7-13-15)11-5-4-10(16-2)6-12(11)14/h4-8,15H,3H2,1-2H3/b13-7+. The molecule has 2 aromatic rings. The van der Waals surface area contributed by atoms with Crippen LogP contribution in [-0.4, -0.2) is 23.1 Å². The zero-order chi connectivity index (χ0) is 11.5. The molecule has 2 rings (SSSR count). The van der Waals surface area contributed by atoms with Crippen molar-refractivity contribution in [2.45, 2.75) is 13.5 Å². The van der Waals surface area contributed by atoms with Gasteiger partial charge in [-0.15, -0.1) is 0 Å². The number of methoxy groups -OCH3 is 1. The van der Waals surface area contributed by atoms with E-state index in [1.165, 1.54) is 6.21 Å². The minimum absolute atomic E-state index is 0.827. The van der Waals surface area contributed by atoms with Gasteiger partial charge >= 0.3 is 0 Å². The second kappa shape index (κ2) is 4.26. The zero-order valence-corrected chi connectivity index (χ0v) is 9.34. The van der Waals surface area contributed by atoms with Gasteiger partial charge in [-0.2, -0.15) is 0 Å². The fourth-order valence-electron chi connectivity index (χ4n) is 1.85. The first-order valence-electron chi connectivity index (χ1n) is 5.14. The zero-order valence-electron chi connectivity index (χ0n) is 9.34. The summed E-state index contributed by atoms with van der Waals surface area (Å²) in [7, 11) is 1.65. The maximum absolute atomic E-state index is 8.60. The van der Waals surface area contributed by atoms with Gasteiger partial charge in [-0.3, -0.25) is 0 Å². The Kier molecular flexibility index (Phi) is 2.81. The van der Waals surface area contributed by atoms with Gasteiger partial charge in [-0.1, -0.05) is 5.16 Å². The molecule has 0 fully saturated rings. The van der Waals surface area contributed by atoms with Crippen LogP contribution in [0.3, 0.4) is 0 Å². The molecule has 4 heteroatoms. The molecule has 0 amide bonds. The molecular formula is C12H14N2O2. The SMILES string of the molecule is CCn1cc(/C=N/O)c2ccc(OC)cc21. The predicted octanol–water partition coefficient (Wildman–Crippen LogP) is 2.48. The van der Waals surface area contributed by atoms with E-state index in [1.54, 1.807) is 7.11 Å². The summed E-state index contributed by atoms with van der Waals surface area (Å²) in [5, 5.41) is 12.7. The van der Waals surface area contributed by atoms with Crippen molar-refractivity contribution in [1.29, 1.82) is 0 Å². The molecule has 0 radical (unpaired) electrons. The van der Waals surface area contributed by atoms with Gasteiger partial charge in [0.2, 0.25) is 0 Å².